The minimum absolute atomic E-state index is 0.0866. The zero-order valence-electron chi connectivity index (χ0n) is 22.8. The average molecular weight is 651 g/mol. The molecule has 9 nitrogen and oxygen atoms in total. The average Bonchev–Trinajstić information content (AvgIpc) is 3.52. The topological polar surface area (TPSA) is 118 Å². The van der Waals surface area contributed by atoms with Crippen LogP contribution in [0.25, 0.3) is 0 Å². The van der Waals surface area contributed by atoms with Gasteiger partial charge in [0.15, 0.2) is 10.3 Å². The van der Waals surface area contributed by atoms with E-state index in [1.165, 1.54) is 45.4 Å². The van der Waals surface area contributed by atoms with Gasteiger partial charge in [-0.2, -0.15) is 26.3 Å². The second kappa shape index (κ2) is 15.5. The molecule has 4 rings (SSSR count). The van der Waals surface area contributed by atoms with Gasteiger partial charge in [0.2, 0.25) is 5.91 Å². The molecule has 2 heterocycles. The molecule has 17 heteroatoms. The summed E-state index contributed by atoms with van der Waals surface area (Å²) in [7, 11) is 2.57. The van der Waals surface area contributed by atoms with Gasteiger partial charge in [0.25, 0.3) is 5.91 Å². The van der Waals surface area contributed by atoms with E-state index in [9.17, 15) is 35.9 Å². The van der Waals surface area contributed by atoms with Crippen molar-refractivity contribution < 1.29 is 50.2 Å². The molecular weight excluding hydrogens is 626 g/mol. The number of aliphatic imine (C=N–C) groups is 2. The van der Waals surface area contributed by atoms with Gasteiger partial charge >= 0.3 is 12.4 Å². The summed E-state index contributed by atoms with van der Waals surface area (Å²) in [5.74, 6) is -0.298. The monoisotopic (exact) mass is 650 g/mol. The highest BCUT2D eigenvalue weighted by atomic mass is 32.2. The Morgan fingerprint density at radius 2 is 1.28 bits per heavy atom. The van der Waals surface area contributed by atoms with Crippen LogP contribution in [0.2, 0.25) is 0 Å². The van der Waals surface area contributed by atoms with Crippen molar-refractivity contribution in [3.8, 4) is 11.5 Å². The number of thioether (sulfide) groups is 2. The summed E-state index contributed by atoms with van der Waals surface area (Å²) in [6.45, 7) is 3.11. The first-order chi connectivity index (χ1) is 20.2. The second-order valence-electron chi connectivity index (χ2n) is 7.88. The number of hydrogen-bond donors (Lipinski definition) is 2. The number of halogens is 6. The van der Waals surface area contributed by atoms with Crippen molar-refractivity contribution >= 4 is 63.3 Å². The van der Waals surface area contributed by atoms with Crippen molar-refractivity contribution in [3.05, 3.63) is 58.5 Å². The molecule has 2 amide bonds. The highest BCUT2D eigenvalue weighted by molar-refractivity contribution is 8.18. The number of allylic oxidation sites excluding steroid dienone is 1. The maximum absolute atomic E-state index is 13.0. The first-order valence-corrected chi connectivity index (χ1v) is 13.6. The Morgan fingerprint density at radius 3 is 1.63 bits per heavy atom. The minimum Gasteiger partial charge on any atom is -0.497 e. The van der Waals surface area contributed by atoms with Gasteiger partial charge in [-0.15, -0.1) is 0 Å². The number of amides is 2. The SMILES string of the molecule is C/C=C1\SC(=Nc2ccc(OC)cc2C(F)(F)F)NC1=O.CC=O.COc1ccc(N=C2NC(=O)CS2)c(C(F)(F)F)c1. The fraction of sp³-hybridized carbons (Fsp3) is 0.269. The fourth-order valence-electron chi connectivity index (χ4n) is 3.11. The van der Waals surface area contributed by atoms with E-state index in [-0.39, 0.29) is 50.8 Å². The second-order valence-corrected chi connectivity index (χ2v) is 9.87. The Hall–Kier alpha value is -3.99. The van der Waals surface area contributed by atoms with E-state index in [1.807, 2.05) is 0 Å². The third kappa shape index (κ3) is 10.3. The summed E-state index contributed by atoms with van der Waals surface area (Å²) in [4.78, 5) is 39.3. The van der Waals surface area contributed by atoms with Crippen molar-refractivity contribution in [1.29, 1.82) is 0 Å². The number of carbonyl (C=O) groups excluding carboxylic acids is 3. The van der Waals surface area contributed by atoms with Gasteiger partial charge in [-0.25, -0.2) is 9.98 Å². The molecule has 0 aliphatic carbocycles. The van der Waals surface area contributed by atoms with Crippen LogP contribution in [0.3, 0.4) is 0 Å². The Bertz CT molecular complexity index is 1440. The number of ether oxygens (including phenoxy) is 2. The van der Waals surface area contributed by atoms with Crippen LogP contribution in [0.15, 0.2) is 57.4 Å². The highest BCUT2D eigenvalue weighted by Crippen LogP contribution is 2.40. The number of alkyl halides is 6. The standard InChI is InChI=1S/C13H11F3N2O2S.C11H9F3N2O2S.C2H4O/c1-3-10-11(19)18-12(21-10)17-9-5-4-7(20-2)6-8(9)13(14,15)16;1-18-6-2-3-8(7(4-6)11(12,13)14)15-10-16-9(17)5-19-10;1-2-3/h3-6H,1-2H3,(H,17,18,19);2-4H,5H2,1H3,(H,15,16,17);2H,1H3/b10-3-;;. The number of methoxy groups -OCH3 is 2. The molecule has 0 unspecified atom stereocenters. The third-order valence-electron chi connectivity index (χ3n) is 4.96. The molecule has 2 aromatic rings. The highest BCUT2D eigenvalue weighted by Gasteiger charge is 2.36. The molecule has 2 fully saturated rings. The third-order valence-corrected chi connectivity index (χ3v) is 6.86. The van der Waals surface area contributed by atoms with Gasteiger partial charge < -0.3 is 24.9 Å². The van der Waals surface area contributed by atoms with Crippen LogP contribution in [-0.4, -0.2) is 48.4 Å². The number of hydrogen-bond acceptors (Lipinski definition) is 9. The summed E-state index contributed by atoms with van der Waals surface area (Å²) in [6, 6.07) is 6.93. The number of nitrogens with zero attached hydrogens (tertiary/aromatic N) is 2. The number of rotatable bonds is 4. The number of aldehydes is 1. The molecule has 2 N–H and O–H groups in total. The van der Waals surface area contributed by atoms with Crippen LogP contribution < -0.4 is 20.1 Å². The first kappa shape index (κ1) is 35.2. The normalized spacial score (nSPS) is 17.5. The van der Waals surface area contributed by atoms with E-state index in [2.05, 4.69) is 20.6 Å². The summed E-state index contributed by atoms with van der Waals surface area (Å²) >= 11 is 2.06. The zero-order valence-corrected chi connectivity index (χ0v) is 24.5. The molecular formula is C26H24F6N4O5S2. The first-order valence-electron chi connectivity index (χ1n) is 11.8. The molecule has 0 radical (unpaired) electrons. The van der Waals surface area contributed by atoms with Crippen molar-refractivity contribution in [3.63, 3.8) is 0 Å². The quantitative estimate of drug-likeness (QED) is 0.229. The fourth-order valence-corrected chi connectivity index (χ4v) is 4.56. The predicted molar refractivity (Wildman–Crippen MR) is 152 cm³/mol. The van der Waals surface area contributed by atoms with Crippen LogP contribution in [0, 0.1) is 0 Å². The molecule has 0 aromatic heterocycles. The number of nitrogens with one attached hydrogen (secondary N) is 2. The van der Waals surface area contributed by atoms with Crippen molar-refractivity contribution in [2.75, 3.05) is 20.0 Å². The molecule has 232 valence electrons. The maximum Gasteiger partial charge on any atom is 0.418 e. The van der Waals surface area contributed by atoms with Crippen molar-refractivity contribution in [2.24, 2.45) is 9.98 Å². The van der Waals surface area contributed by atoms with Crippen molar-refractivity contribution in [1.82, 2.24) is 10.6 Å². The molecule has 0 saturated carbocycles. The Kier molecular flexibility index (Phi) is 12.7. The number of amidine groups is 2. The summed E-state index contributed by atoms with van der Waals surface area (Å²) in [5.41, 5.74) is -2.35. The molecule has 2 aromatic carbocycles. The van der Waals surface area contributed by atoms with E-state index in [0.717, 1.165) is 41.9 Å². The Labute approximate surface area is 250 Å². The lowest BCUT2D eigenvalue weighted by Gasteiger charge is -2.11. The van der Waals surface area contributed by atoms with Gasteiger partial charge in [0.05, 0.1) is 47.4 Å². The maximum atomic E-state index is 13.0. The van der Waals surface area contributed by atoms with E-state index >= 15 is 0 Å². The lowest BCUT2D eigenvalue weighted by atomic mass is 10.1. The van der Waals surface area contributed by atoms with Gasteiger partial charge in [-0.3, -0.25) is 9.59 Å². The van der Waals surface area contributed by atoms with Crippen LogP contribution in [0.5, 0.6) is 11.5 Å². The smallest absolute Gasteiger partial charge is 0.418 e. The number of carbonyl (C=O) groups is 3. The molecule has 2 aliphatic heterocycles. The molecule has 2 saturated heterocycles. The van der Waals surface area contributed by atoms with Gasteiger partial charge in [0.1, 0.15) is 17.8 Å². The van der Waals surface area contributed by atoms with E-state index in [1.54, 1.807) is 13.0 Å². The lowest BCUT2D eigenvalue weighted by Crippen LogP contribution is -2.20. The minimum atomic E-state index is -4.56. The zero-order chi connectivity index (χ0) is 32.4. The predicted octanol–water partition coefficient (Wildman–Crippen LogP) is 6.24. The van der Waals surface area contributed by atoms with Crippen LogP contribution in [0.1, 0.15) is 25.0 Å². The Morgan fingerprint density at radius 1 is 0.814 bits per heavy atom. The van der Waals surface area contributed by atoms with Gasteiger partial charge in [0, 0.05) is 0 Å². The largest absolute Gasteiger partial charge is 0.497 e. The Balaban J connectivity index is 0.000000276. The summed E-state index contributed by atoms with van der Waals surface area (Å²) < 4.78 is 87.3. The molecule has 0 bridgehead atoms. The van der Waals surface area contributed by atoms with E-state index < -0.39 is 23.5 Å². The van der Waals surface area contributed by atoms with Crippen molar-refractivity contribution in [2.45, 2.75) is 26.2 Å². The lowest BCUT2D eigenvalue weighted by molar-refractivity contribution is -0.137. The summed E-state index contributed by atoms with van der Waals surface area (Å²) in [6.07, 6.45) is -6.78. The van der Waals surface area contributed by atoms with E-state index in [0.29, 0.717) is 4.91 Å². The van der Waals surface area contributed by atoms with Crippen LogP contribution >= 0.6 is 23.5 Å². The van der Waals surface area contributed by atoms with Crippen LogP contribution in [0.4, 0.5) is 37.7 Å². The molecule has 2 aliphatic rings. The summed E-state index contributed by atoms with van der Waals surface area (Å²) in [5, 5.41) is 5.08. The molecule has 0 spiro atoms. The molecule has 43 heavy (non-hydrogen) atoms. The van der Waals surface area contributed by atoms with E-state index in [4.69, 9.17) is 14.3 Å². The van der Waals surface area contributed by atoms with Crippen LogP contribution in [-0.2, 0) is 26.7 Å². The van der Waals surface area contributed by atoms with Gasteiger partial charge in [-0.05, 0) is 62.0 Å². The van der Waals surface area contributed by atoms with Gasteiger partial charge in [-0.1, -0.05) is 17.8 Å². The number of benzene rings is 2. The molecule has 0 atom stereocenters.